The number of aromatic hydroxyl groups is 1. The number of benzene rings is 3. The number of aliphatic imine (C=N–C) groups is 1. The zero-order valence-corrected chi connectivity index (χ0v) is 13.1. The summed E-state index contributed by atoms with van der Waals surface area (Å²) in [6.07, 6.45) is 0. The molecule has 3 aromatic rings. The van der Waals surface area contributed by atoms with Gasteiger partial charge < -0.3 is 10.4 Å². The number of phenols is 1. The first-order chi connectivity index (χ1) is 11.8. The van der Waals surface area contributed by atoms with Gasteiger partial charge in [-0.2, -0.15) is 0 Å². The van der Waals surface area contributed by atoms with Crippen molar-refractivity contribution >= 4 is 5.84 Å². The van der Waals surface area contributed by atoms with Gasteiger partial charge in [0.15, 0.2) is 0 Å². The lowest BCUT2D eigenvalue weighted by Crippen LogP contribution is -2.25. The lowest BCUT2D eigenvalue weighted by atomic mass is 9.95. The molecular weight excluding hydrogens is 296 g/mol. The van der Waals surface area contributed by atoms with Gasteiger partial charge in [-0.05, 0) is 23.3 Å². The van der Waals surface area contributed by atoms with Crippen LogP contribution < -0.4 is 5.32 Å². The van der Waals surface area contributed by atoms with E-state index in [0.29, 0.717) is 0 Å². The van der Waals surface area contributed by atoms with E-state index in [2.05, 4.69) is 29.6 Å². The molecule has 0 aromatic heterocycles. The summed E-state index contributed by atoms with van der Waals surface area (Å²) in [4.78, 5) is 4.89. The summed E-state index contributed by atoms with van der Waals surface area (Å²) in [7, 11) is 0. The van der Waals surface area contributed by atoms with E-state index in [9.17, 15) is 5.11 Å². The highest BCUT2D eigenvalue weighted by Gasteiger charge is 2.32. The minimum Gasteiger partial charge on any atom is -0.507 e. The average molecular weight is 314 g/mol. The molecule has 3 nitrogen and oxygen atoms in total. The van der Waals surface area contributed by atoms with Crippen LogP contribution in [-0.2, 0) is 0 Å². The van der Waals surface area contributed by atoms with Crippen molar-refractivity contribution in [2.75, 3.05) is 0 Å². The van der Waals surface area contributed by atoms with Gasteiger partial charge in [0.1, 0.15) is 17.6 Å². The predicted octanol–water partition coefficient (Wildman–Crippen LogP) is 4.22. The minimum atomic E-state index is -0.0248. The Kier molecular flexibility index (Phi) is 3.75. The van der Waals surface area contributed by atoms with Crippen molar-refractivity contribution in [3.05, 3.63) is 102 Å². The molecule has 0 aliphatic carbocycles. The van der Waals surface area contributed by atoms with Gasteiger partial charge in [0.25, 0.3) is 0 Å². The van der Waals surface area contributed by atoms with E-state index < -0.39 is 0 Å². The van der Waals surface area contributed by atoms with Crippen molar-refractivity contribution < 1.29 is 5.11 Å². The number of nitrogens with zero attached hydrogens (tertiary/aromatic N) is 1. The highest BCUT2D eigenvalue weighted by atomic mass is 16.3. The van der Waals surface area contributed by atoms with Gasteiger partial charge in [-0.25, -0.2) is 0 Å². The zero-order chi connectivity index (χ0) is 16.4. The maximum absolute atomic E-state index is 10.2. The second kappa shape index (κ2) is 6.20. The molecule has 2 unspecified atom stereocenters. The van der Waals surface area contributed by atoms with Crippen LogP contribution in [0, 0.1) is 0 Å². The van der Waals surface area contributed by atoms with Crippen LogP contribution in [0.25, 0.3) is 0 Å². The van der Waals surface area contributed by atoms with Crippen LogP contribution in [0.4, 0.5) is 0 Å². The van der Waals surface area contributed by atoms with Crippen LogP contribution >= 0.6 is 0 Å². The standard InChI is InChI=1S/C21H18N2O/c24-18-14-8-7-13-17(18)21-22-19(15-9-3-1-4-10-15)20(23-21)16-11-5-2-6-12-16/h1-14,19-20,24H,(H,22,23). The van der Waals surface area contributed by atoms with Crippen LogP contribution in [0.3, 0.4) is 0 Å². The Labute approximate surface area is 141 Å². The van der Waals surface area contributed by atoms with Gasteiger partial charge in [-0.15, -0.1) is 0 Å². The molecule has 1 aliphatic heterocycles. The van der Waals surface area contributed by atoms with E-state index >= 15 is 0 Å². The molecule has 24 heavy (non-hydrogen) atoms. The molecule has 3 heteroatoms. The Morgan fingerprint density at radius 1 is 0.708 bits per heavy atom. The molecule has 0 amide bonds. The third-order valence-electron chi connectivity index (χ3n) is 4.34. The molecule has 4 rings (SSSR count). The lowest BCUT2D eigenvalue weighted by molar-refractivity contribution is 0.474. The molecule has 0 spiro atoms. The third kappa shape index (κ3) is 2.65. The van der Waals surface area contributed by atoms with Gasteiger partial charge in [-0.1, -0.05) is 72.8 Å². The maximum atomic E-state index is 10.2. The highest BCUT2D eigenvalue weighted by molar-refractivity contribution is 6.02. The van der Waals surface area contributed by atoms with Crippen LogP contribution in [-0.4, -0.2) is 10.9 Å². The van der Waals surface area contributed by atoms with Crippen molar-refractivity contribution in [3.8, 4) is 5.75 Å². The predicted molar refractivity (Wildman–Crippen MR) is 96.1 cm³/mol. The van der Waals surface area contributed by atoms with Crippen molar-refractivity contribution in [1.29, 1.82) is 0 Å². The van der Waals surface area contributed by atoms with Crippen molar-refractivity contribution in [3.63, 3.8) is 0 Å². The van der Waals surface area contributed by atoms with Crippen molar-refractivity contribution in [2.45, 2.75) is 12.1 Å². The second-order valence-corrected chi connectivity index (χ2v) is 5.88. The fourth-order valence-corrected chi connectivity index (χ4v) is 3.14. The molecule has 0 saturated heterocycles. The fraction of sp³-hybridized carbons (Fsp3) is 0.0952. The number of hydrogen-bond acceptors (Lipinski definition) is 3. The number of nitrogens with one attached hydrogen (secondary N) is 1. The molecular formula is C21H18N2O. The second-order valence-electron chi connectivity index (χ2n) is 5.88. The van der Waals surface area contributed by atoms with Gasteiger partial charge in [-0.3, -0.25) is 4.99 Å². The summed E-state index contributed by atoms with van der Waals surface area (Å²) in [5.41, 5.74) is 3.07. The molecule has 1 heterocycles. The average Bonchev–Trinajstić information content (AvgIpc) is 3.09. The van der Waals surface area contributed by atoms with E-state index in [-0.39, 0.29) is 17.8 Å². The first kappa shape index (κ1) is 14.5. The molecule has 3 aromatic carbocycles. The normalized spacial score (nSPS) is 19.6. The Bertz CT molecular complexity index is 859. The van der Waals surface area contributed by atoms with E-state index in [1.807, 2.05) is 54.6 Å². The summed E-state index contributed by atoms with van der Waals surface area (Å²) >= 11 is 0. The number of amidine groups is 1. The largest absolute Gasteiger partial charge is 0.507 e. The summed E-state index contributed by atoms with van der Waals surface area (Å²) in [6.45, 7) is 0. The molecule has 2 atom stereocenters. The van der Waals surface area contributed by atoms with Gasteiger partial charge in [0.2, 0.25) is 0 Å². The minimum absolute atomic E-state index is 0.0248. The molecule has 2 N–H and O–H groups in total. The summed E-state index contributed by atoms with van der Waals surface area (Å²) < 4.78 is 0. The Morgan fingerprint density at radius 3 is 1.96 bits per heavy atom. The molecule has 0 radical (unpaired) electrons. The van der Waals surface area contributed by atoms with Gasteiger partial charge in [0.05, 0.1) is 11.6 Å². The lowest BCUT2D eigenvalue weighted by Gasteiger charge is -2.19. The first-order valence-electron chi connectivity index (χ1n) is 8.05. The number of rotatable bonds is 3. The number of hydrogen-bond donors (Lipinski definition) is 2. The van der Waals surface area contributed by atoms with Crippen molar-refractivity contribution in [1.82, 2.24) is 5.32 Å². The molecule has 0 fully saturated rings. The Balaban J connectivity index is 1.77. The van der Waals surface area contributed by atoms with Gasteiger partial charge in [0, 0.05) is 0 Å². The third-order valence-corrected chi connectivity index (χ3v) is 4.34. The maximum Gasteiger partial charge on any atom is 0.133 e. The summed E-state index contributed by atoms with van der Waals surface area (Å²) in [5, 5.41) is 13.7. The SMILES string of the molecule is Oc1ccccc1C1=NC(c2ccccc2)C(c2ccccc2)N1. The highest BCUT2D eigenvalue weighted by Crippen LogP contribution is 2.37. The monoisotopic (exact) mass is 314 g/mol. The summed E-state index contributed by atoms with van der Waals surface area (Å²) in [6, 6.07) is 27.9. The van der Waals surface area contributed by atoms with Crippen LogP contribution in [0.5, 0.6) is 5.75 Å². The molecule has 118 valence electrons. The van der Waals surface area contributed by atoms with Crippen LogP contribution in [0.15, 0.2) is 89.9 Å². The van der Waals surface area contributed by atoms with Crippen molar-refractivity contribution in [2.24, 2.45) is 4.99 Å². The Hall–Kier alpha value is -3.07. The quantitative estimate of drug-likeness (QED) is 0.760. The van der Waals surface area contributed by atoms with Gasteiger partial charge >= 0.3 is 0 Å². The van der Waals surface area contributed by atoms with Crippen LogP contribution in [0.1, 0.15) is 28.8 Å². The molecule has 0 saturated carbocycles. The first-order valence-corrected chi connectivity index (χ1v) is 8.05. The topological polar surface area (TPSA) is 44.6 Å². The van der Waals surface area contributed by atoms with E-state index in [4.69, 9.17) is 4.99 Å². The smallest absolute Gasteiger partial charge is 0.133 e. The van der Waals surface area contributed by atoms with E-state index in [0.717, 1.165) is 17.0 Å². The molecule has 1 aliphatic rings. The Morgan fingerprint density at radius 2 is 1.29 bits per heavy atom. The molecule has 0 bridgehead atoms. The van der Waals surface area contributed by atoms with E-state index in [1.165, 1.54) is 5.56 Å². The van der Waals surface area contributed by atoms with Crippen LogP contribution in [0.2, 0.25) is 0 Å². The fourth-order valence-electron chi connectivity index (χ4n) is 3.14. The number of phenolic OH excluding ortho intramolecular Hbond substituents is 1. The summed E-state index contributed by atoms with van der Waals surface area (Å²) in [5.74, 6) is 0.972. The number of para-hydroxylation sites is 1. The zero-order valence-electron chi connectivity index (χ0n) is 13.1. The van der Waals surface area contributed by atoms with E-state index in [1.54, 1.807) is 6.07 Å².